The Labute approximate surface area is 106 Å². The lowest BCUT2D eigenvalue weighted by Gasteiger charge is -2.38. The van der Waals surface area contributed by atoms with Crippen molar-refractivity contribution in [2.75, 3.05) is 20.2 Å². The molecule has 2 aliphatic rings. The fourth-order valence-corrected chi connectivity index (χ4v) is 3.14. The highest BCUT2D eigenvalue weighted by molar-refractivity contribution is 6.31. The van der Waals surface area contributed by atoms with E-state index in [1.54, 1.807) is 7.11 Å². The first-order valence-corrected chi connectivity index (χ1v) is 6.23. The van der Waals surface area contributed by atoms with E-state index < -0.39 is 0 Å². The van der Waals surface area contributed by atoms with E-state index >= 15 is 0 Å². The summed E-state index contributed by atoms with van der Waals surface area (Å²) in [5, 5.41) is 4.17. The van der Waals surface area contributed by atoms with Crippen molar-refractivity contribution in [3.63, 3.8) is 0 Å². The maximum absolute atomic E-state index is 6.25. The van der Waals surface area contributed by atoms with Gasteiger partial charge in [-0.05, 0) is 19.1 Å². The normalized spacial score (nSPS) is 30.9. The first-order chi connectivity index (χ1) is 8.15. The highest BCUT2D eigenvalue weighted by Crippen LogP contribution is 2.46. The highest BCUT2D eigenvalue weighted by Gasteiger charge is 2.46. The number of benzene rings is 1. The van der Waals surface area contributed by atoms with Crippen LogP contribution in [0.1, 0.15) is 24.0 Å². The van der Waals surface area contributed by atoms with E-state index in [-0.39, 0.29) is 5.60 Å². The summed E-state index contributed by atoms with van der Waals surface area (Å²) in [5.41, 5.74) is 2.17. The third-order valence-electron chi connectivity index (χ3n) is 3.94. The van der Waals surface area contributed by atoms with Crippen LogP contribution < -0.4 is 10.1 Å². The number of nitrogens with one attached hydrogen (secondary N) is 1. The smallest absolute Gasteiger partial charge is 0.122 e. The Morgan fingerprint density at radius 3 is 3.12 bits per heavy atom. The maximum atomic E-state index is 6.25. The van der Waals surface area contributed by atoms with Gasteiger partial charge in [-0.3, -0.25) is 0 Å². The van der Waals surface area contributed by atoms with Crippen LogP contribution in [-0.4, -0.2) is 25.8 Å². The summed E-state index contributed by atoms with van der Waals surface area (Å²) >= 11 is 6.25. The molecule has 2 heterocycles. The van der Waals surface area contributed by atoms with Gasteiger partial charge in [0.1, 0.15) is 5.75 Å². The van der Waals surface area contributed by atoms with Gasteiger partial charge in [0.25, 0.3) is 0 Å². The van der Waals surface area contributed by atoms with E-state index in [2.05, 4.69) is 12.2 Å². The van der Waals surface area contributed by atoms with Gasteiger partial charge >= 0.3 is 0 Å². The molecule has 4 heteroatoms. The second kappa shape index (κ2) is 3.87. The molecule has 3 nitrogen and oxygen atoms in total. The van der Waals surface area contributed by atoms with Crippen LogP contribution in [-0.2, 0) is 11.3 Å². The first kappa shape index (κ1) is 11.3. The van der Waals surface area contributed by atoms with Gasteiger partial charge in [-0.2, -0.15) is 0 Å². The van der Waals surface area contributed by atoms with Crippen LogP contribution in [0.5, 0.6) is 5.75 Å². The molecule has 92 valence electrons. The third-order valence-corrected chi connectivity index (χ3v) is 4.29. The van der Waals surface area contributed by atoms with Crippen molar-refractivity contribution in [2.45, 2.75) is 25.0 Å². The number of ether oxygens (including phenoxy) is 2. The molecule has 1 aromatic carbocycles. The van der Waals surface area contributed by atoms with Gasteiger partial charge in [0, 0.05) is 35.2 Å². The lowest BCUT2D eigenvalue weighted by molar-refractivity contribution is -0.0523. The Kier molecular flexibility index (Phi) is 2.58. The molecule has 0 unspecified atom stereocenters. The molecule has 0 amide bonds. The molecule has 0 aromatic heterocycles. The summed E-state index contributed by atoms with van der Waals surface area (Å²) in [6, 6.07) is 3.83. The minimum absolute atomic E-state index is 0.134. The van der Waals surface area contributed by atoms with Crippen molar-refractivity contribution in [1.82, 2.24) is 5.32 Å². The van der Waals surface area contributed by atoms with Gasteiger partial charge in [0.05, 0.1) is 19.3 Å². The van der Waals surface area contributed by atoms with Crippen LogP contribution in [0.4, 0.5) is 0 Å². The zero-order chi connectivity index (χ0) is 12.0. The summed E-state index contributed by atoms with van der Waals surface area (Å²) in [7, 11) is 1.71. The molecule has 1 N–H and O–H groups in total. The van der Waals surface area contributed by atoms with Crippen LogP contribution in [0.2, 0.25) is 5.02 Å². The quantitative estimate of drug-likeness (QED) is 0.833. The standard InChI is InChI=1S/C13H16ClNO2/c1-13-7-15-5-9(13)12-8(6-17-13)10(14)3-4-11(12)16-2/h3-4,9,15H,5-7H2,1-2H3/t9-,13-/m1/s1. The molecule has 17 heavy (non-hydrogen) atoms. The van der Waals surface area contributed by atoms with Gasteiger partial charge in [-0.25, -0.2) is 0 Å². The van der Waals surface area contributed by atoms with Gasteiger partial charge in [-0.1, -0.05) is 11.6 Å². The van der Waals surface area contributed by atoms with Crippen LogP contribution in [0.3, 0.4) is 0 Å². The van der Waals surface area contributed by atoms with Gasteiger partial charge < -0.3 is 14.8 Å². The molecule has 0 spiro atoms. The molecule has 3 rings (SSSR count). The van der Waals surface area contributed by atoms with Crippen molar-refractivity contribution in [1.29, 1.82) is 0 Å². The van der Waals surface area contributed by atoms with Gasteiger partial charge in [-0.15, -0.1) is 0 Å². The molecule has 1 fully saturated rings. The Morgan fingerprint density at radius 2 is 2.35 bits per heavy atom. The van der Waals surface area contributed by atoms with Crippen molar-refractivity contribution in [3.05, 3.63) is 28.3 Å². The molecular formula is C13H16ClNO2. The molecule has 0 aliphatic carbocycles. The average molecular weight is 254 g/mol. The Hall–Kier alpha value is -0.770. The largest absolute Gasteiger partial charge is 0.496 e. The lowest BCUT2D eigenvalue weighted by atomic mass is 9.81. The highest BCUT2D eigenvalue weighted by atomic mass is 35.5. The minimum Gasteiger partial charge on any atom is -0.496 e. The Balaban J connectivity index is 2.18. The number of hydrogen-bond acceptors (Lipinski definition) is 3. The summed E-state index contributed by atoms with van der Waals surface area (Å²) < 4.78 is 11.5. The molecule has 1 aromatic rings. The van der Waals surface area contributed by atoms with Gasteiger partial charge in [0.15, 0.2) is 0 Å². The second-order valence-corrected chi connectivity index (χ2v) is 5.33. The summed E-state index contributed by atoms with van der Waals surface area (Å²) in [5.74, 6) is 1.24. The minimum atomic E-state index is -0.134. The van der Waals surface area contributed by atoms with E-state index in [0.717, 1.165) is 29.4 Å². The lowest BCUT2D eigenvalue weighted by Crippen LogP contribution is -2.40. The number of methoxy groups -OCH3 is 1. The van der Waals surface area contributed by atoms with Crippen molar-refractivity contribution in [3.8, 4) is 5.75 Å². The topological polar surface area (TPSA) is 30.5 Å². The van der Waals surface area contributed by atoms with E-state index in [9.17, 15) is 0 Å². The summed E-state index contributed by atoms with van der Waals surface area (Å²) in [6.45, 7) is 4.52. The Bertz CT molecular complexity index is 463. The summed E-state index contributed by atoms with van der Waals surface area (Å²) in [6.07, 6.45) is 0. The number of halogens is 1. The molecule has 1 saturated heterocycles. The first-order valence-electron chi connectivity index (χ1n) is 5.85. The molecule has 2 aliphatic heterocycles. The van der Waals surface area contributed by atoms with E-state index in [1.165, 1.54) is 5.56 Å². The van der Waals surface area contributed by atoms with Gasteiger partial charge in [0.2, 0.25) is 0 Å². The predicted molar refractivity (Wildman–Crippen MR) is 66.8 cm³/mol. The molecule has 0 radical (unpaired) electrons. The number of hydrogen-bond donors (Lipinski definition) is 1. The van der Waals surface area contributed by atoms with Crippen LogP contribution >= 0.6 is 11.6 Å². The second-order valence-electron chi connectivity index (χ2n) is 4.93. The number of rotatable bonds is 1. The fourth-order valence-electron chi connectivity index (χ4n) is 2.92. The SMILES string of the molecule is COc1ccc(Cl)c2c1[C@H]1CNC[C@@]1(C)OC2. The fraction of sp³-hybridized carbons (Fsp3) is 0.538. The van der Waals surface area contributed by atoms with Crippen molar-refractivity contribution in [2.24, 2.45) is 0 Å². The summed E-state index contributed by atoms with van der Waals surface area (Å²) in [4.78, 5) is 0. The zero-order valence-corrected chi connectivity index (χ0v) is 10.8. The van der Waals surface area contributed by atoms with Crippen molar-refractivity contribution < 1.29 is 9.47 Å². The maximum Gasteiger partial charge on any atom is 0.122 e. The molecule has 2 atom stereocenters. The van der Waals surface area contributed by atoms with Crippen LogP contribution in [0.25, 0.3) is 0 Å². The van der Waals surface area contributed by atoms with Crippen LogP contribution in [0, 0.1) is 0 Å². The third kappa shape index (κ3) is 1.57. The van der Waals surface area contributed by atoms with Crippen molar-refractivity contribution >= 4 is 11.6 Å². The molecule has 0 bridgehead atoms. The Morgan fingerprint density at radius 1 is 1.53 bits per heavy atom. The van der Waals surface area contributed by atoms with E-state index in [0.29, 0.717) is 12.5 Å². The number of fused-ring (bicyclic) bond motifs is 3. The molecule has 0 saturated carbocycles. The monoisotopic (exact) mass is 253 g/mol. The molecular weight excluding hydrogens is 238 g/mol. The predicted octanol–water partition coefficient (Wildman–Crippen LogP) is 2.32. The van der Waals surface area contributed by atoms with E-state index in [4.69, 9.17) is 21.1 Å². The average Bonchev–Trinajstić information content (AvgIpc) is 2.71. The zero-order valence-electron chi connectivity index (χ0n) is 10.0. The van der Waals surface area contributed by atoms with Crippen LogP contribution in [0.15, 0.2) is 12.1 Å². The van der Waals surface area contributed by atoms with E-state index in [1.807, 2.05) is 12.1 Å².